The van der Waals surface area contributed by atoms with Crippen LogP contribution in [0.4, 0.5) is 0 Å². The van der Waals surface area contributed by atoms with Crippen LogP contribution in [0.2, 0.25) is 0 Å². The Bertz CT molecular complexity index is 695. The zero-order valence-corrected chi connectivity index (χ0v) is 13.3. The van der Waals surface area contributed by atoms with Crippen molar-refractivity contribution in [1.29, 1.82) is 0 Å². The fourth-order valence-corrected chi connectivity index (χ4v) is 2.86. The maximum Gasteiger partial charge on any atom is 0.252 e. The summed E-state index contributed by atoms with van der Waals surface area (Å²) >= 11 is 0. The van der Waals surface area contributed by atoms with Crippen molar-refractivity contribution in [2.24, 2.45) is 0 Å². The number of amides is 1. The molecule has 1 amide bonds. The number of aryl methyl sites for hydroxylation is 2. The van der Waals surface area contributed by atoms with E-state index in [1.54, 1.807) is 4.52 Å². The molecule has 3 rings (SSSR count). The smallest absolute Gasteiger partial charge is 0.252 e. The molecule has 2 aromatic rings. The number of piperazine rings is 1. The molecule has 0 unspecified atom stereocenters. The molecule has 118 valence electrons. The molecule has 3 heterocycles. The second-order valence-electron chi connectivity index (χ2n) is 5.85. The third kappa shape index (κ3) is 2.94. The van der Waals surface area contributed by atoms with Gasteiger partial charge in [-0.1, -0.05) is 6.92 Å². The topological polar surface area (TPSA) is 75.4 Å². The van der Waals surface area contributed by atoms with Gasteiger partial charge in [0.25, 0.3) is 5.78 Å². The average molecular weight is 302 g/mol. The van der Waals surface area contributed by atoms with Gasteiger partial charge >= 0.3 is 0 Å². The van der Waals surface area contributed by atoms with Crippen LogP contribution in [0.1, 0.15) is 30.6 Å². The molecule has 0 aromatic carbocycles. The maximum absolute atomic E-state index is 12.4. The largest absolute Gasteiger partial charge is 0.339 e. The lowest BCUT2D eigenvalue weighted by Gasteiger charge is -2.33. The molecule has 1 saturated heterocycles. The molecule has 2 aromatic heterocycles. The van der Waals surface area contributed by atoms with E-state index in [9.17, 15) is 4.79 Å². The number of hydrogen-bond acceptors (Lipinski definition) is 5. The first-order valence-electron chi connectivity index (χ1n) is 7.78. The second-order valence-corrected chi connectivity index (χ2v) is 5.85. The summed E-state index contributed by atoms with van der Waals surface area (Å²) in [5.74, 6) is 1.19. The summed E-state index contributed by atoms with van der Waals surface area (Å²) in [6.07, 6.45) is 1.26. The highest BCUT2D eigenvalue weighted by molar-refractivity contribution is 5.78. The van der Waals surface area contributed by atoms with Gasteiger partial charge in [-0.2, -0.15) is 4.98 Å². The summed E-state index contributed by atoms with van der Waals surface area (Å²) in [6.45, 7) is 8.38. The van der Waals surface area contributed by atoms with E-state index in [4.69, 9.17) is 0 Å². The van der Waals surface area contributed by atoms with E-state index in [0.717, 1.165) is 37.4 Å². The van der Waals surface area contributed by atoms with Gasteiger partial charge in [-0.15, -0.1) is 5.10 Å². The fourth-order valence-electron chi connectivity index (χ4n) is 2.86. The minimum absolute atomic E-state index is 0.0882. The van der Waals surface area contributed by atoms with Crippen LogP contribution < -0.4 is 5.32 Å². The van der Waals surface area contributed by atoms with Crippen LogP contribution in [-0.4, -0.2) is 56.1 Å². The van der Waals surface area contributed by atoms with E-state index < -0.39 is 0 Å². The number of nitrogens with one attached hydrogen (secondary N) is 1. The molecular weight excluding hydrogens is 280 g/mol. The molecule has 1 fully saturated rings. The minimum Gasteiger partial charge on any atom is -0.339 e. The normalized spacial score (nSPS) is 18.9. The fraction of sp³-hybridized carbons (Fsp3) is 0.600. The molecule has 1 atom stereocenters. The van der Waals surface area contributed by atoms with Crippen LogP contribution in [0, 0.1) is 13.8 Å². The van der Waals surface area contributed by atoms with Crippen LogP contribution >= 0.6 is 0 Å². The van der Waals surface area contributed by atoms with Crippen molar-refractivity contribution >= 4 is 11.7 Å². The quantitative estimate of drug-likeness (QED) is 0.893. The van der Waals surface area contributed by atoms with Crippen molar-refractivity contribution in [3.63, 3.8) is 0 Å². The first-order chi connectivity index (χ1) is 10.6. The number of fused-ring (bicyclic) bond motifs is 1. The molecule has 0 spiro atoms. The summed E-state index contributed by atoms with van der Waals surface area (Å²) in [5.41, 5.74) is 1.88. The van der Waals surface area contributed by atoms with Crippen LogP contribution in [0.5, 0.6) is 0 Å². The predicted octanol–water partition coefficient (Wildman–Crippen LogP) is 0.494. The van der Waals surface area contributed by atoms with Crippen molar-refractivity contribution in [1.82, 2.24) is 29.8 Å². The lowest BCUT2D eigenvalue weighted by molar-refractivity contribution is -0.131. The molecule has 7 heteroatoms. The standard InChI is InChI=1S/C15H22N6O/c1-4-12-9-20(6-5-16-12)14(22)8-13-18-15-17-10(2)7-11(3)21(15)19-13/h7,12,16H,4-6,8-9H2,1-3H3/t12-/m0/s1. The van der Waals surface area contributed by atoms with Crippen molar-refractivity contribution in [2.75, 3.05) is 19.6 Å². The zero-order valence-electron chi connectivity index (χ0n) is 13.3. The van der Waals surface area contributed by atoms with Gasteiger partial charge in [-0.25, -0.2) is 9.50 Å². The summed E-state index contributed by atoms with van der Waals surface area (Å²) < 4.78 is 1.70. The van der Waals surface area contributed by atoms with Gasteiger partial charge < -0.3 is 10.2 Å². The Morgan fingerprint density at radius 1 is 1.41 bits per heavy atom. The van der Waals surface area contributed by atoms with Crippen LogP contribution in [-0.2, 0) is 11.2 Å². The van der Waals surface area contributed by atoms with E-state index in [2.05, 4.69) is 27.3 Å². The second kappa shape index (κ2) is 6.00. The first-order valence-corrected chi connectivity index (χ1v) is 7.78. The minimum atomic E-state index is 0.0882. The van der Waals surface area contributed by atoms with Crippen LogP contribution in [0.15, 0.2) is 6.07 Å². The van der Waals surface area contributed by atoms with Crippen molar-refractivity contribution in [2.45, 2.75) is 39.7 Å². The third-order valence-corrected chi connectivity index (χ3v) is 4.07. The van der Waals surface area contributed by atoms with Gasteiger partial charge in [-0.05, 0) is 26.3 Å². The van der Waals surface area contributed by atoms with Crippen LogP contribution in [0.3, 0.4) is 0 Å². The van der Waals surface area contributed by atoms with Crippen molar-refractivity contribution in [3.05, 3.63) is 23.3 Å². The Kier molecular flexibility index (Phi) is 4.06. The third-order valence-electron chi connectivity index (χ3n) is 4.07. The van der Waals surface area contributed by atoms with E-state index in [0.29, 0.717) is 17.6 Å². The van der Waals surface area contributed by atoms with Gasteiger partial charge in [0, 0.05) is 37.1 Å². The molecular formula is C15H22N6O. The molecule has 1 N–H and O–H groups in total. The molecule has 0 radical (unpaired) electrons. The highest BCUT2D eigenvalue weighted by atomic mass is 16.2. The van der Waals surface area contributed by atoms with Gasteiger partial charge in [0.1, 0.15) is 0 Å². The summed E-state index contributed by atoms with van der Waals surface area (Å²) in [5, 5.41) is 7.82. The Morgan fingerprint density at radius 3 is 3.00 bits per heavy atom. The lowest BCUT2D eigenvalue weighted by Crippen LogP contribution is -2.52. The molecule has 0 saturated carbocycles. The Morgan fingerprint density at radius 2 is 2.23 bits per heavy atom. The van der Waals surface area contributed by atoms with Gasteiger partial charge in [0.15, 0.2) is 5.82 Å². The lowest BCUT2D eigenvalue weighted by atomic mass is 10.1. The molecule has 1 aliphatic heterocycles. The zero-order chi connectivity index (χ0) is 15.7. The van der Waals surface area contributed by atoms with E-state index in [1.807, 2.05) is 24.8 Å². The van der Waals surface area contributed by atoms with E-state index in [-0.39, 0.29) is 12.3 Å². The number of rotatable bonds is 3. The average Bonchev–Trinajstić information content (AvgIpc) is 2.90. The monoisotopic (exact) mass is 302 g/mol. The molecule has 22 heavy (non-hydrogen) atoms. The van der Waals surface area contributed by atoms with Crippen molar-refractivity contribution < 1.29 is 4.79 Å². The highest BCUT2D eigenvalue weighted by Gasteiger charge is 2.23. The number of aromatic nitrogens is 4. The first kappa shape index (κ1) is 14.9. The summed E-state index contributed by atoms with van der Waals surface area (Å²) in [7, 11) is 0. The SMILES string of the molecule is CC[C@H]1CN(C(=O)Cc2nc3nc(C)cc(C)n3n2)CCN1. The summed E-state index contributed by atoms with van der Waals surface area (Å²) in [6, 6.07) is 2.34. The van der Waals surface area contributed by atoms with Crippen molar-refractivity contribution in [3.8, 4) is 0 Å². The molecule has 7 nitrogen and oxygen atoms in total. The predicted molar refractivity (Wildman–Crippen MR) is 82.6 cm³/mol. The molecule has 0 aliphatic carbocycles. The van der Waals surface area contributed by atoms with Gasteiger partial charge in [0.05, 0.1) is 6.42 Å². The van der Waals surface area contributed by atoms with Crippen LogP contribution in [0.25, 0.3) is 5.78 Å². The Hall–Kier alpha value is -2.02. The number of nitrogens with zero attached hydrogens (tertiary/aromatic N) is 5. The highest BCUT2D eigenvalue weighted by Crippen LogP contribution is 2.08. The maximum atomic E-state index is 12.4. The van der Waals surface area contributed by atoms with E-state index >= 15 is 0 Å². The van der Waals surface area contributed by atoms with Gasteiger partial charge in [-0.3, -0.25) is 4.79 Å². The summed E-state index contributed by atoms with van der Waals surface area (Å²) in [4.78, 5) is 23.1. The number of hydrogen-bond donors (Lipinski definition) is 1. The Labute approximate surface area is 129 Å². The molecule has 1 aliphatic rings. The number of carbonyl (C=O) groups is 1. The van der Waals surface area contributed by atoms with Gasteiger partial charge in [0.2, 0.25) is 5.91 Å². The van der Waals surface area contributed by atoms with E-state index in [1.165, 1.54) is 0 Å². The Balaban J connectivity index is 1.75. The number of carbonyl (C=O) groups excluding carboxylic acids is 1. The molecule has 0 bridgehead atoms.